The summed E-state index contributed by atoms with van der Waals surface area (Å²) in [5.41, 5.74) is 5.90. The predicted molar refractivity (Wildman–Crippen MR) is 96.2 cm³/mol. The average Bonchev–Trinajstić information content (AvgIpc) is 2.52. The van der Waals surface area contributed by atoms with E-state index in [1.54, 1.807) is 24.3 Å². The van der Waals surface area contributed by atoms with Crippen molar-refractivity contribution in [2.75, 3.05) is 7.11 Å². The molecule has 2 rings (SSSR count). The number of ether oxygens (including phenoxy) is 1. The van der Waals surface area contributed by atoms with E-state index in [1.807, 2.05) is 0 Å². The lowest BCUT2D eigenvalue weighted by molar-refractivity contribution is 0.0999. The van der Waals surface area contributed by atoms with Gasteiger partial charge in [0.25, 0.3) is 10.1 Å². The summed E-state index contributed by atoms with van der Waals surface area (Å²) in [7, 11) is -2.54. The highest BCUT2D eigenvalue weighted by molar-refractivity contribution is 9.10. The first kappa shape index (κ1) is 20.8. The molecule has 0 aliphatic rings. The van der Waals surface area contributed by atoms with Crippen molar-refractivity contribution in [3.63, 3.8) is 0 Å². The molecule has 0 heterocycles. The molecule has 0 fully saturated rings. The highest BCUT2D eigenvalue weighted by Crippen LogP contribution is 2.17. The molecule has 0 unspecified atom stereocenters. The first-order chi connectivity index (χ1) is 11.6. The third kappa shape index (κ3) is 7.92. The molecule has 9 heteroatoms. The van der Waals surface area contributed by atoms with Crippen molar-refractivity contribution < 1.29 is 26.9 Å². The largest absolute Gasteiger partial charge is 0.497 e. The fourth-order valence-electron chi connectivity index (χ4n) is 1.60. The minimum absolute atomic E-state index is 0.284. The molecule has 2 aromatic rings. The zero-order chi connectivity index (χ0) is 19.0. The number of carbonyl (C=O) groups excluding carboxylic acids is 1. The fraction of sp³-hybridized carbons (Fsp3) is 0.0625. The van der Waals surface area contributed by atoms with Gasteiger partial charge in [0.05, 0.1) is 18.1 Å². The van der Waals surface area contributed by atoms with E-state index in [-0.39, 0.29) is 5.56 Å². The summed E-state index contributed by atoms with van der Waals surface area (Å²) in [6.07, 6.45) is 1.29. The Morgan fingerprint density at radius 3 is 2.48 bits per heavy atom. The lowest BCUT2D eigenvalue weighted by Crippen LogP contribution is -2.11. The Bertz CT molecular complexity index is 884. The molecule has 6 nitrogen and oxygen atoms in total. The van der Waals surface area contributed by atoms with E-state index in [1.165, 1.54) is 31.4 Å². The summed E-state index contributed by atoms with van der Waals surface area (Å²) >= 11 is 3.01. The quantitative estimate of drug-likeness (QED) is 0.722. The Labute approximate surface area is 153 Å². The van der Waals surface area contributed by atoms with Gasteiger partial charge in [0.15, 0.2) is 0 Å². The molecule has 0 saturated carbocycles. The van der Waals surface area contributed by atoms with Gasteiger partial charge in [-0.05, 0) is 57.9 Å². The molecule has 0 saturated heterocycles. The zero-order valence-corrected chi connectivity index (χ0v) is 15.4. The summed E-state index contributed by atoms with van der Waals surface area (Å²) < 4.78 is 47.0. The molecular weight excluding hydrogens is 417 g/mol. The molecule has 0 atom stereocenters. The molecular formula is C16H15BrFNO5S. The van der Waals surface area contributed by atoms with Gasteiger partial charge in [-0.25, -0.2) is 4.39 Å². The molecule has 0 radical (unpaired) electrons. The highest BCUT2D eigenvalue weighted by atomic mass is 79.9. The monoisotopic (exact) mass is 431 g/mol. The Kier molecular flexibility index (Phi) is 7.75. The minimum atomic E-state index is -4.06. The van der Waals surface area contributed by atoms with Crippen molar-refractivity contribution in [2.24, 2.45) is 5.73 Å². The Balaban J connectivity index is 0.000000257. The first-order valence-corrected chi connectivity index (χ1v) is 8.96. The minimum Gasteiger partial charge on any atom is -0.497 e. The van der Waals surface area contributed by atoms with Crippen molar-refractivity contribution >= 4 is 38.0 Å². The molecule has 0 spiro atoms. The van der Waals surface area contributed by atoms with Gasteiger partial charge in [0.2, 0.25) is 5.91 Å². The number of methoxy groups -OCH3 is 1. The number of carbonyl (C=O) groups is 1. The van der Waals surface area contributed by atoms with E-state index in [0.29, 0.717) is 15.8 Å². The second-order valence-electron chi connectivity index (χ2n) is 4.58. The molecule has 0 aliphatic heterocycles. The number of hydrogen-bond acceptors (Lipinski definition) is 4. The Morgan fingerprint density at radius 2 is 1.96 bits per heavy atom. The van der Waals surface area contributed by atoms with Crippen LogP contribution in [0.15, 0.2) is 52.3 Å². The lowest BCUT2D eigenvalue weighted by atomic mass is 10.2. The van der Waals surface area contributed by atoms with E-state index in [2.05, 4.69) is 15.9 Å². The van der Waals surface area contributed by atoms with Crippen LogP contribution in [0.4, 0.5) is 4.39 Å². The van der Waals surface area contributed by atoms with Gasteiger partial charge >= 0.3 is 0 Å². The van der Waals surface area contributed by atoms with Crippen molar-refractivity contribution in [3.05, 3.63) is 69.3 Å². The zero-order valence-electron chi connectivity index (χ0n) is 13.0. The van der Waals surface area contributed by atoms with Gasteiger partial charge < -0.3 is 10.5 Å². The van der Waals surface area contributed by atoms with Crippen molar-refractivity contribution in [3.8, 4) is 5.75 Å². The van der Waals surface area contributed by atoms with Crippen LogP contribution in [-0.2, 0) is 10.1 Å². The summed E-state index contributed by atoms with van der Waals surface area (Å²) in [5, 5.41) is 0.724. The van der Waals surface area contributed by atoms with Crippen LogP contribution in [0.5, 0.6) is 5.75 Å². The van der Waals surface area contributed by atoms with E-state index >= 15 is 0 Å². The molecule has 0 aliphatic carbocycles. The molecule has 1 amide bonds. The topological polar surface area (TPSA) is 107 Å². The molecule has 2 aromatic carbocycles. The molecule has 134 valence electrons. The van der Waals surface area contributed by atoms with Crippen LogP contribution >= 0.6 is 15.9 Å². The fourth-order valence-corrected chi connectivity index (χ4v) is 2.47. The first-order valence-electron chi connectivity index (χ1n) is 6.67. The summed E-state index contributed by atoms with van der Waals surface area (Å²) in [5.74, 6) is -0.346. The number of primary amides is 1. The smallest absolute Gasteiger partial charge is 0.287 e. The van der Waals surface area contributed by atoms with Crippen LogP contribution in [0.25, 0.3) is 6.08 Å². The van der Waals surface area contributed by atoms with Gasteiger partial charge in [-0.1, -0.05) is 12.1 Å². The van der Waals surface area contributed by atoms with Gasteiger partial charge in [0.1, 0.15) is 11.6 Å². The number of rotatable bonds is 4. The molecule has 25 heavy (non-hydrogen) atoms. The van der Waals surface area contributed by atoms with Gasteiger partial charge in [-0.15, -0.1) is 0 Å². The summed E-state index contributed by atoms with van der Waals surface area (Å²) in [6, 6.07) is 10.5. The van der Waals surface area contributed by atoms with Crippen LogP contribution in [0.1, 0.15) is 15.9 Å². The van der Waals surface area contributed by atoms with E-state index in [4.69, 9.17) is 15.0 Å². The van der Waals surface area contributed by atoms with Gasteiger partial charge in [-0.2, -0.15) is 8.42 Å². The predicted octanol–water partition coefficient (Wildman–Crippen LogP) is 3.24. The second-order valence-corrected chi connectivity index (χ2v) is 6.74. The van der Waals surface area contributed by atoms with Gasteiger partial charge in [0, 0.05) is 4.47 Å². The standard InChI is InChI=1S/C9H10O4S.C7H5BrFNO/c1-13-9-4-2-3-8(7-9)5-6-14(10,11)12;8-6-3-4(9)1-2-5(6)7(10)11/h2-7H,1H3,(H,10,11,12);1-3H,(H2,10,11)/b6-5+;. The normalized spacial score (nSPS) is 10.9. The van der Waals surface area contributed by atoms with Crippen molar-refractivity contribution in [1.29, 1.82) is 0 Å². The van der Waals surface area contributed by atoms with Crippen LogP contribution in [0.3, 0.4) is 0 Å². The van der Waals surface area contributed by atoms with Crippen molar-refractivity contribution in [1.82, 2.24) is 0 Å². The Hall–Kier alpha value is -2.23. The third-order valence-electron chi connectivity index (χ3n) is 2.72. The lowest BCUT2D eigenvalue weighted by Gasteiger charge is -1.99. The third-order valence-corrected chi connectivity index (χ3v) is 3.86. The van der Waals surface area contributed by atoms with Crippen LogP contribution in [0.2, 0.25) is 0 Å². The number of hydrogen-bond donors (Lipinski definition) is 2. The number of amides is 1. The second kappa shape index (κ2) is 9.30. The molecule has 0 bridgehead atoms. The van der Waals surface area contributed by atoms with E-state index < -0.39 is 21.8 Å². The summed E-state index contributed by atoms with van der Waals surface area (Å²) in [6.45, 7) is 0. The molecule has 3 N–H and O–H groups in total. The van der Waals surface area contributed by atoms with Crippen LogP contribution in [0, 0.1) is 5.82 Å². The van der Waals surface area contributed by atoms with Crippen molar-refractivity contribution in [2.45, 2.75) is 0 Å². The number of nitrogens with two attached hydrogens (primary N) is 1. The SMILES string of the molecule is COc1cccc(/C=C/S(=O)(=O)O)c1.NC(=O)c1ccc(F)cc1Br. The summed E-state index contributed by atoms with van der Waals surface area (Å²) in [4.78, 5) is 10.6. The van der Waals surface area contributed by atoms with Crippen LogP contribution in [-0.4, -0.2) is 26.0 Å². The van der Waals surface area contributed by atoms with Gasteiger partial charge in [-0.3, -0.25) is 9.35 Å². The van der Waals surface area contributed by atoms with E-state index in [0.717, 1.165) is 5.41 Å². The number of benzene rings is 2. The molecule has 0 aromatic heterocycles. The average molecular weight is 432 g/mol. The maximum atomic E-state index is 12.4. The Morgan fingerprint density at radius 1 is 1.28 bits per heavy atom. The number of halogens is 2. The van der Waals surface area contributed by atoms with Crippen LogP contribution < -0.4 is 10.5 Å². The highest BCUT2D eigenvalue weighted by Gasteiger charge is 2.05. The maximum Gasteiger partial charge on any atom is 0.287 e. The van der Waals surface area contributed by atoms with E-state index in [9.17, 15) is 17.6 Å². The maximum absolute atomic E-state index is 12.4.